The van der Waals surface area contributed by atoms with E-state index in [1.165, 1.54) is 12.8 Å². The van der Waals surface area contributed by atoms with E-state index in [9.17, 15) is 4.79 Å². The van der Waals surface area contributed by atoms with E-state index in [1.807, 2.05) is 0 Å². The summed E-state index contributed by atoms with van der Waals surface area (Å²) in [6, 6.07) is 0. The van der Waals surface area contributed by atoms with E-state index in [0.29, 0.717) is 11.7 Å². The van der Waals surface area contributed by atoms with Gasteiger partial charge in [0.25, 0.3) is 0 Å². The molecule has 0 fully saturated rings. The summed E-state index contributed by atoms with van der Waals surface area (Å²) in [5.74, 6) is 0.934. The molecule has 0 bridgehead atoms. The van der Waals surface area contributed by atoms with Crippen LogP contribution in [0.2, 0.25) is 0 Å². The van der Waals surface area contributed by atoms with E-state index < -0.39 is 0 Å². The first-order chi connectivity index (χ1) is 7.65. The quantitative estimate of drug-likeness (QED) is 0.580. The van der Waals surface area contributed by atoms with Gasteiger partial charge in [0.15, 0.2) is 0 Å². The van der Waals surface area contributed by atoms with Crippen molar-refractivity contribution in [2.45, 2.75) is 65.7 Å². The van der Waals surface area contributed by atoms with Crippen LogP contribution in [-0.2, 0) is 4.79 Å². The molecule has 1 N–H and O–H groups in total. The normalized spacial score (nSPS) is 14.8. The van der Waals surface area contributed by atoms with Gasteiger partial charge in [0.2, 0.25) is 0 Å². The summed E-state index contributed by atoms with van der Waals surface area (Å²) in [6.07, 6.45) is 7.58. The van der Waals surface area contributed by atoms with E-state index in [0.717, 1.165) is 32.1 Å². The number of hydrogen-bond donors (Lipinski definition) is 1. The molecule has 0 saturated heterocycles. The number of Topliss-reactive ketones (excluding diaryl/α,β-unsaturated/α-hetero) is 1. The average molecular weight is 228 g/mol. The van der Waals surface area contributed by atoms with Crippen molar-refractivity contribution >= 4 is 5.78 Å². The maximum atomic E-state index is 11.5. The molecule has 2 nitrogen and oxygen atoms in total. The second-order valence-electron chi connectivity index (χ2n) is 4.84. The van der Waals surface area contributed by atoms with Crippen molar-refractivity contribution in [1.29, 1.82) is 0 Å². The zero-order valence-corrected chi connectivity index (χ0v) is 11.2. The standard InChI is InChI=1S/C14H28O2/c1-4-6-7-8-14(12(3)16)10-9-13(5-2)11-15/h13-15H,4-11H2,1-3H3. The lowest BCUT2D eigenvalue weighted by molar-refractivity contribution is -0.121. The Kier molecular flexibility index (Phi) is 9.60. The molecular weight excluding hydrogens is 200 g/mol. The predicted octanol–water partition coefficient (Wildman–Crippen LogP) is 3.57. The van der Waals surface area contributed by atoms with Crippen molar-refractivity contribution in [3.8, 4) is 0 Å². The molecule has 0 rings (SSSR count). The van der Waals surface area contributed by atoms with Gasteiger partial charge in [-0.15, -0.1) is 0 Å². The molecule has 16 heavy (non-hydrogen) atoms. The predicted molar refractivity (Wildman–Crippen MR) is 68.4 cm³/mol. The number of unbranched alkanes of at least 4 members (excludes halogenated alkanes) is 2. The van der Waals surface area contributed by atoms with Crippen molar-refractivity contribution in [3.05, 3.63) is 0 Å². The molecule has 0 spiro atoms. The van der Waals surface area contributed by atoms with Gasteiger partial charge in [0.1, 0.15) is 5.78 Å². The van der Waals surface area contributed by atoms with Gasteiger partial charge in [-0.2, -0.15) is 0 Å². The number of carbonyl (C=O) groups excluding carboxylic acids is 1. The Morgan fingerprint density at radius 2 is 1.81 bits per heavy atom. The minimum absolute atomic E-state index is 0.229. The van der Waals surface area contributed by atoms with Crippen LogP contribution in [0.4, 0.5) is 0 Å². The molecular formula is C14H28O2. The molecule has 0 aliphatic rings. The topological polar surface area (TPSA) is 37.3 Å². The number of hydrogen-bond acceptors (Lipinski definition) is 2. The highest BCUT2D eigenvalue weighted by Crippen LogP contribution is 2.21. The van der Waals surface area contributed by atoms with Crippen LogP contribution in [0.25, 0.3) is 0 Å². The zero-order valence-electron chi connectivity index (χ0n) is 11.2. The minimum atomic E-state index is 0.229. The number of ketones is 1. The van der Waals surface area contributed by atoms with Crippen LogP contribution in [0.15, 0.2) is 0 Å². The molecule has 0 aromatic rings. The van der Waals surface area contributed by atoms with Gasteiger partial charge in [-0.25, -0.2) is 0 Å². The smallest absolute Gasteiger partial charge is 0.132 e. The minimum Gasteiger partial charge on any atom is -0.396 e. The molecule has 0 radical (unpaired) electrons. The number of rotatable bonds is 10. The average Bonchev–Trinajstić information content (AvgIpc) is 2.27. The molecule has 96 valence electrons. The van der Waals surface area contributed by atoms with Crippen molar-refractivity contribution in [2.75, 3.05) is 6.61 Å². The van der Waals surface area contributed by atoms with E-state index >= 15 is 0 Å². The van der Waals surface area contributed by atoms with Crippen LogP contribution < -0.4 is 0 Å². The van der Waals surface area contributed by atoms with Crippen LogP contribution in [0.1, 0.15) is 65.7 Å². The Balaban J connectivity index is 3.88. The molecule has 0 amide bonds. The third-order valence-electron chi connectivity index (χ3n) is 3.49. The summed E-state index contributed by atoms with van der Waals surface area (Å²) in [7, 11) is 0. The first-order valence-electron chi connectivity index (χ1n) is 6.76. The highest BCUT2D eigenvalue weighted by molar-refractivity contribution is 5.78. The maximum absolute atomic E-state index is 11.5. The van der Waals surface area contributed by atoms with Gasteiger partial charge in [-0.1, -0.05) is 39.5 Å². The summed E-state index contributed by atoms with van der Waals surface area (Å²) >= 11 is 0. The molecule has 2 unspecified atom stereocenters. The lowest BCUT2D eigenvalue weighted by atomic mass is 9.89. The van der Waals surface area contributed by atoms with Crippen molar-refractivity contribution in [2.24, 2.45) is 11.8 Å². The third-order valence-corrected chi connectivity index (χ3v) is 3.49. The number of aliphatic hydroxyl groups excluding tert-OH is 1. The van der Waals surface area contributed by atoms with E-state index in [2.05, 4.69) is 13.8 Å². The molecule has 0 saturated carbocycles. The molecule has 0 aliphatic heterocycles. The Morgan fingerprint density at radius 1 is 1.12 bits per heavy atom. The zero-order chi connectivity index (χ0) is 12.4. The second kappa shape index (κ2) is 9.83. The van der Waals surface area contributed by atoms with Crippen molar-refractivity contribution < 1.29 is 9.90 Å². The lowest BCUT2D eigenvalue weighted by Gasteiger charge is -2.17. The summed E-state index contributed by atoms with van der Waals surface area (Å²) in [4.78, 5) is 11.5. The van der Waals surface area contributed by atoms with Gasteiger partial charge in [-0.05, 0) is 32.1 Å². The fourth-order valence-corrected chi connectivity index (χ4v) is 2.05. The number of carbonyl (C=O) groups is 1. The summed E-state index contributed by atoms with van der Waals surface area (Å²) in [5, 5.41) is 9.11. The molecule has 2 atom stereocenters. The summed E-state index contributed by atoms with van der Waals surface area (Å²) in [5.41, 5.74) is 0. The highest BCUT2D eigenvalue weighted by Gasteiger charge is 2.15. The Hall–Kier alpha value is -0.370. The summed E-state index contributed by atoms with van der Waals surface area (Å²) in [6.45, 7) is 6.25. The third kappa shape index (κ3) is 7.00. The van der Waals surface area contributed by atoms with Crippen molar-refractivity contribution in [3.63, 3.8) is 0 Å². The first kappa shape index (κ1) is 15.6. The van der Waals surface area contributed by atoms with Gasteiger partial charge >= 0.3 is 0 Å². The summed E-state index contributed by atoms with van der Waals surface area (Å²) < 4.78 is 0. The van der Waals surface area contributed by atoms with Gasteiger partial charge in [0.05, 0.1) is 0 Å². The molecule has 0 heterocycles. The largest absolute Gasteiger partial charge is 0.396 e. The van der Waals surface area contributed by atoms with E-state index in [1.54, 1.807) is 6.92 Å². The van der Waals surface area contributed by atoms with E-state index in [4.69, 9.17) is 5.11 Å². The fourth-order valence-electron chi connectivity index (χ4n) is 2.05. The number of aliphatic hydroxyl groups is 1. The Bertz CT molecular complexity index is 174. The van der Waals surface area contributed by atoms with Gasteiger partial charge in [-0.3, -0.25) is 4.79 Å². The van der Waals surface area contributed by atoms with Gasteiger partial charge in [0, 0.05) is 12.5 Å². The van der Waals surface area contributed by atoms with Gasteiger partial charge < -0.3 is 5.11 Å². The first-order valence-corrected chi connectivity index (χ1v) is 6.76. The molecule has 2 heteroatoms. The van der Waals surface area contributed by atoms with Crippen LogP contribution in [0.5, 0.6) is 0 Å². The molecule has 0 aliphatic carbocycles. The second-order valence-corrected chi connectivity index (χ2v) is 4.84. The SMILES string of the molecule is CCCCCC(CCC(CC)CO)C(C)=O. The highest BCUT2D eigenvalue weighted by atomic mass is 16.3. The fraction of sp³-hybridized carbons (Fsp3) is 0.929. The Labute approximate surface area is 100 Å². The van der Waals surface area contributed by atoms with Crippen LogP contribution in [0, 0.1) is 11.8 Å². The lowest BCUT2D eigenvalue weighted by Crippen LogP contribution is -2.14. The van der Waals surface area contributed by atoms with Crippen LogP contribution >= 0.6 is 0 Å². The maximum Gasteiger partial charge on any atom is 0.132 e. The molecule has 0 aromatic heterocycles. The monoisotopic (exact) mass is 228 g/mol. The van der Waals surface area contributed by atoms with E-state index in [-0.39, 0.29) is 12.5 Å². The van der Waals surface area contributed by atoms with Crippen molar-refractivity contribution in [1.82, 2.24) is 0 Å². The molecule has 0 aromatic carbocycles. The van der Waals surface area contributed by atoms with Crippen LogP contribution in [-0.4, -0.2) is 17.5 Å². The van der Waals surface area contributed by atoms with Crippen LogP contribution in [0.3, 0.4) is 0 Å². The Morgan fingerprint density at radius 3 is 2.25 bits per heavy atom.